The van der Waals surface area contributed by atoms with Gasteiger partial charge in [0.25, 0.3) is 5.91 Å². The van der Waals surface area contributed by atoms with Crippen molar-refractivity contribution in [3.63, 3.8) is 0 Å². The SMILES string of the molecule is C[C@]1(O)CCCN(c2ccc(C3CC3)cc2NC(=O)c2ccc(-c3ccncc3)o2)CC1. The standard InChI is InChI=1S/C26H29N3O3/c1-26(31)11-2-15-29(16-12-26)22-6-5-20(18-3-4-18)17-21(22)28-25(30)24-8-7-23(32-24)19-9-13-27-14-10-19/h5-10,13-14,17-18,31H,2-4,11-12,15-16H2,1H3,(H,28,30)/t26-/m0/s1. The Balaban J connectivity index is 1.40. The third-order valence-corrected chi connectivity index (χ3v) is 6.52. The number of carbonyl (C=O) groups is 1. The van der Waals surface area contributed by atoms with E-state index in [9.17, 15) is 9.90 Å². The fourth-order valence-electron chi connectivity index (χ4n) is 4.42. The first kappa shape index (κ1) is 20.8. The summed E-state index contributed by atoms with van der Waals surface area (Å²) in [6, 6.07) is 13.6. The number of rotatable bonds is 5. The fourth-order valence-corrected chi connectivity index (χ4v) is 4.42. The van der Waals surface area contributed by atoms with Gasteiger partial charge in [0, 0.05) is 31.0 Å². The quantitative estimate of drug-likeness (QED) is 0.580. The molecule has 1 aliphatic carbocycles. The number of aromatic nitrogens is 1. The Morgan fingerprint density at radius 3 is 2.72 bits per heavy atom. The molecule has 0 unspecified atom stereocenters. The number of pyridine rings is 1. The van der Waals surface area contributed by atoms with Gasteiger partial charge in [-0.2, -0.15) is 0 Å². The van der Waals surface area contributed by atoms with E-state index in [1.807, 2.05) is 25.1 Å². The lowest BCUT2D eigenvalue weighted by Gasteiger charge is -2.27. The van der Waals surface area contributed by atoms with E-state index in [-0.39, 0.29) is 11.7 Å². The van der Waals surface area contributed by atoms with Crippen LogP contribution in [-0.2, 0) is 0 Å². The van der Waals surface area contributed by atoms with Crippen molar-refractivity contribution in [3.8, 4) is 11.3 Å². The van der Waals surface area contributed by atoms with Gasteiger partial charge in [-0.15, -0.1) is 0 Å². The van der Waals surface area contributed by atoms with Crippen LogP contribution in [0.15, 0.2) is 59.3 Å². The molecule has 2 aromatic heterocycles. The minimum atomic E-state index is -0.635. The molecule has 1 amide bonds. The van der Waals surface area contributed by atoms with E-state index in [1.165, 1.54) is 18.4 Å². The van der Waals surface area contributed by atoms with Gasteiger partial charge in [-0.25, -0.2) is 0 Å². The van der Waals surface area contributed by atoms with Crippen LogP contribution in [0.3, 0.4) is 0 Å². The first-order valence-corrected chi connectivity index (χ1v) is 11.4. The molecule has 3 aromatic rings. The number of benzene rings is 1. The summed E-state index contributed by atoms with van der Waals surface area (Å²) in [4.78, 5) is 19.4. The number of hydrogen-bond donors (Lipinski definition) is 2. The number of nitrogens with one attached hydrogen (secondary N) is 1. The Hall–Kier alpha value is -3.12. The largest absolute Gasteiger partial charge is 0.451 e. The number of aliphatic hydroxyl groups is 1. The van der Waals surface area contributed by atoms with Crippen molar-refractivity contribution in [2.45, 2.75) is 50.5 Å². The Bertz CT molecular complexity index is 1100. The van der Waals surface area contributed by atoms with Gasteiger partial charge in [0.05, 0.1) is 17.0 Å². The summed E-state index contributed by atoms with van der Waals surface area (Å²) in [6.07, 6.45) is 8.21. The molecule has 2 fully saturated rings. The van der Waals surface area contributed by atoms with Crippen LogP contribution >= 0.6 is 0 Å². The molecule has 5 rings (SSSR count). The molecule has 1 aliphatic heterocycles. The van der Waals surface area contributed by atoms with Crippen molar-refractivity contribution in [2.75, 3.05) is 23.3 Å². The van der Waals surface area contributed by atoms with Gasteiger partial charge in [0.15, 0.2) is 5.76 Å². The van der Waals surface area contributed by atoms with E-state index in [0.29, 0.717) is 18.1 Å². The van der Waals surface area contributed by atoms with Crippen LogP contribution in [0.1, 0.15) is 61.1 Å². The number of amides is 1. The highest BCUT2D eigenvalue weighted by atomic mass is 16.3. The number of nitrogens with zero attached hydrogens (tertiary/aromatic N) is 2. The number of hydrogen-bond acceptors (Lipinski definition) is 5. The van der Waals surface area contributed by atoms with Gasteiger partial charge in [-0.1, -0.05) is 6.07 Å². The lowest BCUT2D eigenvalue weighted by molar-refractivity contribution is 0.0481. The maximum atomic E-state index is 13.1. The van der Waals surface area contributed by atoms with Gasteiger partial charge in [-0.05, 0) is 86.9 Å². The van der Waals surface area contributed by atoms with Crippen LogP contribution in [0, 0.1) is 0 Å². The first-order chi connectivity index (χ1) is 15.5. The third-order valence-electron chi connectivity index (χ3n) is 6.52. The Kier molecular flexibility index (Phi) is 5.47. The summed E-state index contributed by atoms with van der Waals surface area (Å²) in [7, 11) is 0. The van der Waals surface area contributed by atoms with Crippen molar-refractivity contribution >= 4 is 17.3 Å². The zero-order chi connectivity index (χ0) is 22.1. The van der Waals surface area contributed by atoms with Gasteiger partial charge in [0.2, 0.25) is 0 Å². The maximum absolute atomic E-state index is 13.1. The zero-order valence-corrected chi connectivity index (χ0v) is 18.4. The van der Waals surface area contributed by atoms with Crippen LogP contribution in [0.25, 0.3) is 11.3 Å². The molecular weight excluding hydrogens is 402 g/mol. The van der Waals surface area contributed by atoms with Gasteiger partial charge < -0.3 is 19.7 Å². The molecule has 2 N–H and O–H groups in total. The lowest BCUT2D eigenvalue weighted by atomic mass is 9.98. The Labute approximate surface area is 188 Å². The first-order valence-electron chi connectivity index (χ1n) is 11.4. The van der Waals surface area contributed by atoms with Crippen molar-refractivity contribution < 1.29 is 14.3 Å². The van der Waals surface area contributed by atoms with Crippen molar-refractivity contribution in [2.24, 2.45) is 0 Å². The molecule has 1 aromatic carbocycles. The molecule has 6 nitrogen and oxygen atoms in total. The van der Waals surface area contributed by atoms with Gasteiger partial charge in [0.1, 0.15) is 5.76 Å². The molecule has 1 atom stereocenters. The summed E-state index contributed by atoms with van der Waals surface area (Å²) in [5.41, 5.74) is 3.32. The van der Waals surface area contributed by atoms with E-state index in [1.54, 1.807) is 18.5 Å². The predicted molar refractivity (Wildman–Crippen MR) is 125 cm³/mol. The number of carbonyl (C=O) groups excluding carboxylic acids is 1. The fraction of sp³-hybridized carbons (Fsp3) is 0.385. The predicted octanol–water partition coefficient (Wildman–Crippen LogP) is 5.21. The summed E-state index contributed by atoms with van der Waals surface area (Å²) in [6.45, 7) is 3.52. The molecule has 1 saturated carbocycles. The van der Waals surface area contributed by atoms with Crippen LogP contribution in [0.5, 0.6) is 0 Å². The molecule has 166 valence electrons. The minimum Gasteiger partial charge on any atom is -0.451 e. The summed E-state index contributed by atoms with van der Waals surface area (Å²) in [5, 5.41) is 13.6. The third kappa shape index (κ3) is 4.55. The number of anilines is 2. The molecule has 6 heteroatoms. The average Bonchev–Trinajstić information content (AvgIpc) is 3.55. The number of furan rings is 1. The van der Waals surface area contributed by atoms with Crippen molar-refractivity contribution in [1.29, 1.82) is 0 Å². The second-order valence-electron chi connectivity index (χ2n) is 9.24. The van der Waals surface area contributed by atoms with Gasteiger partial charge >= 0.3 is 0 Å². The molecule has 3 heterocycles. The Morgan fingerprint density at radius 1 is 1.12 bits per heavy atom. The van der Waals surface area contributed by atoms with E-state index < -0.39 is 5.60 Å². The van der Waals surface area contributed by atoms with E-state index in [0.717, 1.165) is 42.9 Å². The lowest BCUT2D eigenvalue weighted by Crippen LogP contribution is -2.29. The van der Waals surface area contributed by atoms with Crippen LogP contribution < -0.4 is 10.2 Å². The van der Waals surface area contributed by atoms with Gasteiger partial charge in [-0.3, -0.25) is 9.78 Å². The highest BCUT2D eigenvalue weighted by Crippen LogP contribution is 2.43. The molecule has 0 bridgehead atoms. The molecule has 32 heavy (non-hydrogen) atoms. The molecule has 0 spiro atoms. The van der Waals surface area contributed by atoms with Crippen molar-refractivity contribution in [1.82, 2.24) is 4.98 Å². The smallest absolute Gasteiger partial charge is 0.291 e. The van der Waals surface area contributed by atoms with Crippen LogP contribution in [-0.4, -0.2) is 34.7 Å². The summed E-state index contributed by atoms with van der Waals surface area (Å²) >= 11 is 0. The monoisotopic (exact) mass is 431 g/mol. The van der Waals surface area contributed by atoms with Crippen LogP contribution in [0.2, 0.25) is 0 Å². The minimum absolute atomic E-state index is 0.263. The second kappa shape index (κ2) is 8.43. The normalized spacial score (nSPS) is 21.2. The maximum Gasteiger partial charge on any atom is 0.291 e. The van der Waals surface area contributed by atoms with E-state index in [2.05, 4.69) is 33.4 Å². The highest BCUT2D eigenvalue weighted by Gasteiger charge is 2.28. The molecule has 1 saturated heterocycles. The summed E-state index contributed by atoms with van der Waals surface area (Å²) in [5.74, 6) is 1.24. The highest BCUT2D eigenvalue weighted by molar-refractivity contribution is 6.04. The average molecular weight is 432 g/mol. The van der Waals surface area contributed by atoms with E-state index in [4.69, 9.17) is 4.42 Å². The molecule has 2 aliphatic rings. The molecular formula is C26H29N3O3. The second-order valence-corrected chi connectivity index (χ2v) is 9.24. The molecule has 0 radical (unpaired) electrons. The van der Waals surface area contributed by atoms with Crippen LogP contribution in [0.4, 0.5) is 11.4 Å². The zero-order valence-electron chi connectivity index (χ0n) is 18.4. The van der Waals surface area contributed by atoms with E-state index >= 15 is 0 Å². The van der Waals surface area contributed by atoms with Crippen molar-refractivity contribution in [3.05, 3.63) is 66.2 Å². The summed E-state index contributed by atoms with van der Waals surface area (Å²) < 4.78 is 5.84. The Morgan fingerprint density at radius 2 is 1.94 bits per heavy atom. The topological polar surface area (TPSA) is 78.6 Å².